The highest BCUT2D eigenvalue weighted by Gasteiger charge is 2.37. The third kappa shape index (κ3) is 2.98. The summed E-state index contributed by atoms with van der Waals surface area (Å²) in [4.78, 5) is 5.58. The smallest absolute Gasteiger partial charge is 0.0196 e. The minimum Gasteiger partial charge on any atom is -0.311 e. The summed E-state index contributed by atoms with van der Waals surface area (Å²) in [7, 11) is 0. The van der Waals surface area contributed by atoms with Crippen LogP contribution in [0.1, 0.15) is 52.4 Å². The Bertz CT molecular complexity index is 294. The number of hydrogen-bond acceptors (Lipinski definition) is 3. The second kappa shape index (κ2) is 6.11. The van der Waals surface area contributed by atoms with Crippen LogP contribution in [-0.4, -0.2) is 60.1 Å². The minimum atomic E-state index is 0.728. The lowest BCUT2D eigenvalue weighted by Crippen LogP contribution is -2.60. The molecule has 3 heterocycles. The highest BCUT2D eigenvalue weighted by molar-refractivity contribution is 4.94. The predicted octanol–water partition coefficient (Wildman–Crippen LogP) is 2.08. The molecule has 0 aromatic heterocycles. The molecule has 3 nitrogen and oxygen atoms in total. The van der Waals surface area contributed by atoms with Gasteiger partial charge < -0.3 is 10.2 Å². The van der Waals surface area contributed by atoms with Gasteiger partial charge in [0.25, 0.3) is 0 Å². The maximum absolute atomic E-state index is 3.73. The summed E-state index contributed by atoms with van der Waals surface area (Å²) >= 11 is 0. The van der Waals surface area contributed by atoms with E-state index in [1.165, 1.54) is 64.7 Å². The molecule has 3 heteroatoms. The average molecular weight is 265 g/mol. The Balaban J connectivity index is 1.60. The van der Waals surface area contributed by atoms with E-state index in [-0.39, 0.29) is 0 Å². The Morgan fingerprint density at radius 3 is 2.89 bits per heavy atom. The van der Waals surface area contributed by atoms with Crippen LogP contribution < -0.4 is 5.32 Å². The van der Waals surface area contributed by atoms with Gasteiger partial charge in [0.1, 0.15) is 0 Å². The molecule has 0 spiro atoms. The van der Waals surface area contributed by atoms with Crippen molar-refractivity contribution in [3.05, 3.63) is 0 Å². The summed E-state index contributed by atoms with van der Waals surface area (Å²) in [5.74, 6) is 0. The van der Waals surface area contributed by atoms with Crippen LogP contribution in [0.3, 0.4) is 0 Å². The lowest BCUT2D eigenvalue weighted by molar-refractivity contribution is 0.0353. The quantitative estimate of drug-likeness (QED) is 0.843. The highest BCUT2D eigenvalue weighted by atomic mass is 15.3. The largest absolute Gasteiger partial charge is 0.311 e. The summed E-state index contributed by atoms with van der Waals surface area (Å²) in [6.45, 7) is 9.91. The van der Waals surface area contributed by atoms with Crippen molar-refractivity contribution in [2.45, 2.75) is 76.5 Å². The van der Waals surface area contributed by atoms with E-state index in [2.05, 4.69) is 29.0 Å². The molecule has 3 aliphatic heterocycles. The zero-order valence-electron chi connectivity index (χ0n) is 12.8. The number of rotatable bonds is 3. The topological polar surface area (TPSA) is 18.5 Å². The van der Waals surface area contributed by atoms with Crippen molar-refractivity contribution >= 4 is 0 Å². The molecule has 0 radical (unpaired) electrons. The fourth-order valence-electron chi connectivity index (χ4n) is 4.51. The molecule has 3 fully saturated rings. The van der Waals surface area contributed by atoms with Gasteiger partial charge in [0.05, 0.1) is 0 Å². The minimum absolute atomic E-state index is 0.728. The molecule has 19 heavy (non-hydrogen) atoms. The molecule has 1 N–H and O–H groups in total. The van der Waals surface area contributed by atoms with Crippen LogP contribution in [0.15, 0.2) is 0 Å². The summed E-state index contributed by atoms with van der Waals surface area (Å²) in [5, 5.41) is 3.73. The van der Waals surface area contributed by atoms with E-state index < -0.39 is 0 Å². The molecule has 0 bridgehead atoms. The fraction of sp³-hybridized carbons (Fsp3) is 1.00. The molecule has 110 valence electrons. The van der Waals surface area contributed by atoms with E-state index in [1.54, 1.807) is 0 Å². The monoisotopic (exact) mass is 265 g/mol. The summed E-state index contributed by atoms with van der Waals surface area (Å²) < 4.78 is 0. The van der Waals surface area contributed by atoms with Crippen molar-refractivity contribution in [3.8, 4) is 0 Å². The maximum Gasteiger partial charge on any atom is 0.0196 e. The second-order valence-corrected chi connectivity index (χ2v) is 6.95. The zero-order valence-corrected chi connectivity index (χ0v) is 12.8. The van der Waals surface area contributed by atoms with E-state index in [0.717, 1.165) is 24.2 Å². The molecule has 3 saturated heterocycles. The van der Waals surface area contributed by atoms with Crippen molar-refractivity contribution in [1.82, 2.24) is 15.1 Å². The summed E-state index contributed by atoms with van der Waals surface area (Å²) in [6.07, 6.45) is 8.37. The molecular formula is C16H31N3. The number of hydrogen-bond donors (Lipinski definition) is 1. The average Bonchev–Trinajstić information content (AvgIpc) is 2.88. The van der Waals surface area contributed by atoms with Crippen LogP contribution in [0.5, 0.6) is 0 Å². The van der Waals surface area contributed by atoms with E-state index in [0.29, 0.717) is 0 Å². The van der Waals surface area contributed by atoms with Gasteiger partial charge in [-0.2, -0.15) is 0 Å². The van der Waals surface area contributed by atoms with Crippen molar-refractivity contribution in [3.63, 3.8) is 0 Å². The summed E-state index contributed by atoms with van der Waals surface area (Å²) in [6, 6.07) is 3.23. The van der Waals surface area contributed by atoms with Crippen molar-refractivity contribution in [2.24, 2.45) is 0 Å². The van der Waals surface area contributed by atoms with Crippen molar-refractivity contribution in [2.75, 3.05) is 26.2 Å². The normalized spacial score (nSPS) is 41.4. The van der Waals surface area contributed by atoms with Gasteiger partial charge in [-0.3, -0.25) is 4.90 Å². The van der Waals surface area contributed by atoms with Crippen LogP contribution in [0, 0.1) is 0 Å². The molecule has 0 saturated carbocycles. The highest BCUT2D eigenvalue weighted by Crippen LogP contribution is 2.31. The van der Waals surface area contributed by atoms with Gasteiger partial charge in [-0.1, -0.05) is 13.3 Å². The second-order valence-electron chi connectivity index (χ2n) is 6.95. The first-order valence-corrected chi connectivity index (χ1v) is 8.51. The number of piperazine rings is 1. The lowest BCUT2D eigenvalue weighted by atomic mass is 9.93. The third-order valence-corrected chi connectivity index (χ3v) is 5.60. The number of fused-ring (bicyclic) bond motifs is 1. The van der Waals surface area contributed by atoms with Gasteiger partial charge in [0, 0.05) is 37.3 Å². The van der Waals surface area contributed by atoms with Crippen LogP contribution in [0.2, 0.25) is 0 Å². The molecule has 0 aromatic carbocycles. The SMILES string of the molecule is CCCC1CN(C2CCN3CCCC3C2)C(C)CN1. The Kier molecular flexibility index (Phi) is 4.45. The summed E-state index contributed by atoms with van der Waals surface area (Å²) in [5.41, 5.74) is 0. The molecule has 0 amide bonds. The van der Waals surface area contributed by atoms with E-state index >= 15 is 0 Å². The number of nitrogens with one attached hydrogen (secondary N) is 1. The molecule has 3 rings (SSSR count). The predicted molar refractivity (Wildman–Crippen MR) is 80.5 cm³/mol. The van der Waals surface area contributed by atoms with Crippen LogP contribution in [0.4, 0.5) is 0 Å². The van der Waals surface area contributed by atoms with Gasteiger partial charge in [-0.05, 0) is 52.1 Å². The van der Waals surface area contributed by atoms with E-state index in [9.17, 15) is 0 Å². The maximum atomic E-state index is 3.73. The number of piperidine rings is 1. The first kappa shape index (κ1) is 13.8. The first-order valence-electron chi connectivity index (χ1n) is 8.51. The van der Waals surface area contributed by atoms with Gasteiger partial charge >= 0.3 is 0 Å². The molecule has 0 aromatic rings. The third-order valence-electron chi connectivity index (χ3n) is 5.60. The molecular weight excluding hydrogens is 234 g/mol. The van der Waals surface area contributed by atoms with Gasteiger partial charge in [-0.25, -0.2) is 0 Å². The molecule has 4 atom stereocenters. The van der Waals surface area contributed by atoms with Gasteiger partial charge in [-0.15, -0.1) is 0 Å². The van der Waals surface area contributed by atoms with Crippen molar-refractivity contribution < 1.29 is 0 Å². The first-order chi connectivity index (χ1) is 9.28. The van der Waals surface area contributed by atoms with Crippen LogP contribution in [0.25, 0.3) is 0 Å². The Morgan fingerprint density at radius 2 is 2.05 bits per heavy atom. The number of nitrogens with zero attached hydrogens (tertiary/aromatic N) is 2. The van der Waals surface area contributed by atoms with Crippen LogP contribution >= 0.6 is 0 Å². The standard InChI is InChI=1S/C16H31N3/c1-3-5-14-12-19(13(2)11-17-14)16-7-9-18-8-4-6-15(18)10-16/h13-17H,3-12H2,1-2H3. The molecule has 3 aliphatic rings. The van der Waals surface area contributed by atoms with E-state index in [4.69, 9.17) is 0 Å². The van der Waals surface area contributed by atoms with Crippen molar-refractivity contribution in [1.29, 1.82) is 0 Å². The Hall–Kier alpha value is -0.120. The fourth-order valence-corrected chi connectivity index (χ4v) is 4.51. The molecule has 0 aliphatic carbocycles. The Morgan fingerprint density at radius 1 is 1.16 bits per heavy atom. The zero-order chi connectivity index (χ0) is 13.2. The Labute approximate surface area is 118 Å². The lowest BCUT2D eigenvalue weighted by Gasteiger charge is -2.47. The van der Waals surface area contributed by atoms with E-state index in [1.807, 2.05) is 0 Å². The molecule has 4 unspecified atom stereocenters. The van der Waals surface area contributed by atoms with Gasteiger partial charge in [0.15, 0.2) is 0 Å². The van der Waals surface area contributed by atoms with Gasteiger partial charge in [0.2, 0.25) is 0 Å². The van der Waals surface area contributed by atoms with Crippen LogP contribution in [-0.2, 0) is 0 Å².